The van der Waals surface area contributed by atoms with E-state index in [4.69, 9.17) is 20.2 Å². The molecule has 0 saturated carbocycles. The minimum Gasteiger partial charge on any atom is -0.490 e. The molecule has 0 bridgehead atoms. The highest BCUT2D eigenvalue weighted by atomic mass is 79.9. The van der Waals surface area contributed by atoms with Gasteiger partial charge in [0.25, 0.3) is 0 Å². The number of aliphatic imine (C=N–C) groups is 1. The predicted octanol–water partition coefficient (Wildman–Crippen LogP) is 6.43. The summed E-state index contributed by atoms with van der Waals surface area (Å²) in [5.74, 6) is 0.646. The summed E-state index contributed by atoms with van der Waals surface area (Å²) in [4.78, 5) is 18.1. The number of ether oxygens (including phenoxy) is 2. The maximum absolute atomic E-state index is 13.4. The molecule has 184 valence electrons. The van der Waals surface area contributed by atoms with Crippen molar-refractivity contribution in [3.63, 3.8) is 0 Å². The van der Waals surface area contributed by atoms with Crippen LogP contribution in [0.25, 0.3) is 0 Å². The molecule has 0 fully saturated rings. The number of nitriles is 1. The third kappa shape index (κ3) is 5.72. The largest absolute Gasteiger partial charge is 0.490 e. The number of ketones is 1. The third-order valence-corrected chi connectivity index (χ3v) is 7.20. The average molecular weight is 531 g/mol. The van der Waals surface area contributed by atoms with E-state index in [2.05, 4.69) is 35.8 Å². The van der Waals surface area contributed by atoms with Crippen LogP contribution < -0.4 is 15.2 Å². The molecule has 1 heterocycles. The molecule has 4 unspecified atom stereocenters. The van der Waals surface area contributed by atoms with Crippen LogP contribution in [0.3, 0.4) is 0 Å². The van der Waals surface area contributed by atoms with Crippen LogP contribution in [0, 0.1) is 23.2 Å². The van der Waals surface area contributed by atoms with E-state index in [1.54, 1.807) is 0 Å². The van der Waals surface area contributed by atoms with Crippen LogP contribution >= 0.6 is 15.9 Å². The highest BCUT2D eigenvalue weighted by Crippen LogP contribution is 2.48. The molecule has 3 rings (SSSR count). The first-order chi connectivity index (χ1) is 16.3. The van der Waals surface area contributed by atoms with Crippen molar-refractivity contribution in [2.24, 2.45) is 22.6 Å². The first-order valence-electron chi connectivity index (χ1n) is 12.4. The lowest BCUT2D eigenvalue weighted by Crippen LogP contribution is -2.33. The van der Waals surface area contributed by atoms with E-state index in [1.165, 1.54) is 0 Å². The Kier molecular flexibility index (Phi) is 9.32. The Morgan fingerprint density at radius 1 is 1.26 bits per heavy atom. The van der Waals surface area contributed by atoms with E-state index in [9.17, 15) is 10.1 Å². The van der Waals surface area contributed by atoms with Crippen molar-refractivity contribution in [1.29, 1.82) is 5.26 Å². The zero-order valence-electron chi connectivity index (χ0n) is 20.7. The molecular weight excluding hydrogens is 494 g/mol. The minimum absolute atomic E-state index is 0.109. The number of hydrogen-bond acceptors (Lipinski definition) is 6. The van der Waals surface area contributed by atoms with E-state index in [1.807, 2.05) is 26.0 Å². The van der Waals surface area contributed by atoms with Crippen molar-refractivity contribution >= 4 is 27.4 Å². The van der Waals surface area contributed by atoms with Crippen LogP contribution in [0.15, 0.2) is 32.9 Å². The Balaban J connectivity index is 2.06. The van der Waals surface area contributed by atoms with Crippen LogP contribution in [0.4, 0.5) is 0 Å². The maximum Gasteiger partial charge on any atom is 0.177 e. The van der Waals surface area contributed by atoms with Gasteiger partial charge in [-0.15, -0.1) is 0 Å². The summed E-state index contributed by atoms with van der Waals surface area (Å²) in [5, 5.41) is 10.1. The van der Waals surface area contributed by atoms with E-state index in [0.29, 0.717) is 40.5 Å². The molecule has 7 heteroatoms. The van der Waals surface area contributed by atoms with Gasteiger partial charge in [0.15, 0.2) is 17.3 Å². The number of carbonyl (C=O) groups excluding carboxylic acids is 1. The monoisotopic (exact) mass is 529 g/mol. The quantitative estimate of drug-likeness (QED) is 0.352. The van der Waals surface area contributed by atoms with E-state index < -0.39 is 12.1 Å². The fourth-order valence-corrected chi connectivity index (χ4v) is 5.59. The molecule has 0 aromatic heterocycles. The summed E-state index contributed by atoms with van der Waals surface area (Å²) in [6.07, 6.45) is 5.67. The molecule has 2 N–H and O–H groups in total. The fourth-order valence-electron chi connectivity index (χ4n) is 5.04. The normalized spacial score (nSPS) is 23.1. The number of Topliss-reactive ketones (excluding diaryl/α,β-unsaturated/α-hetero) is 1. The highest BCUT2D eigenvalue weighted by molar-refractivity contribution is 9.10. The molecule has 2 aliphatic rings. The van der Waals surface area contributed by atoms with Gasteiger partial charge in [0.2, 0.25) is 0 Å². The Morgan fingerprint density at radius 2 is 2.03 bits per heavy atom. The van der Waals surface area contributed by atoms with Crippen LogP contribution in [0.5, 0.6) is 11.5 Å². The van der Waals surface area contributed by atoms with Crippen LogP contribution in [-0.4, -0.2) is 24.3 Å². The van der Waals surface area contributed by atoms with Crippen LogP contribution in [-0.2, 0) is 4.79 Å². The van der Waals surface area contributed by atoms with Gasteiger partial charge in [-0.2, -0.15) is 5.26 Å². The van der Waals surface area contributed by atoms with Crippen molar-refractivity contribution in [1.82, 2.24) is 0 Å². The molecule has 6 nitrogen and oxygen atoms in total. The van der Waals surface area contributed by atoms with Gasteiger partial charge in [0.05, 0.1) is 23.1 Å². The second-order valence-corrected chi connectivity index (χ2v) is 10.1. The lowest BCUT2D eigenvalue weighted by atomic mass is 9.70. The number of allylic oxidation sites excluding steroid dienone is 2. The Hall–Kier alpha value is -2.17. The molecular formula is C27H36BrN3O3. The van der Waals surface area contributed by atoms with Gasteiger partial charge in [0.1, 0.15) is 6.23 Å². The second kappa shape index (κ2) is 12.0. The van der Waals surface area contributed by atoms with Crippen molar-refractivity contribution in [3.8, 4) is 17.6 Å². The number of halogens is 1. The van der Waals surface area contributed by atoms with Crippen LogP contribution in [0.2, 0.25) is 0 Å². The standard InChI is InChI=1S/C27H36BrN3O3/c1-5-8-10-24(30)34-27-20(28)13-18(14-23(27)33-7-3)25-19(15-29)16(4)31-21-11-17(9-6-2)12-22(32)26(21)25/h13-14,17,19,24-25H,5-12,30H2,1-4H3. The van der Waals surface area contributed by atoms with E-state index in [0.717, 1.165) is 55.5 Å². The average Bonchev–Trinajstić information content (AvgIpc) is 2.79. The van der Waals surface area contributed by atoms with Gasteiger partial charge < -0.3 is 9.47 Å². The van der Waals surface area contributed by atoms with Crippen LogP contribution in [0.1, 0.15) is 84.1 Å². The van der Waals surface area contributed by atoms with Crippen molar-refractivity contribution in [2.45, 2.75) is 84.8 Å². The summed E-state index contributed by atoms with van der Waals surface area (Å²) >= 11 is 3.65. The van der Waals surface area contributed by atoms with Crippen molar-refractivity contribution in [3.05, 3.63) is 33.4 Å². The molecule has 4 atom stereocenters. The summed E-state index contributed by atoms with van der Waals surface area (Å²) < 4.78 is 12.7. The molecule has 34 heavy (non-hydrogen) atoms. The van der Waals surface area contributed by atoms with Gasteiger partial charge in [0, 0.05) is 29.3 Å². The second-order valence-electron chi connectivity index (χ2n) is 9.25. The summed E-state index contributed by atoms with van der Waals surface area (Å²) in [5.41, 5.74) is 9.34. The number of rotatable bonds is 10. The van der Waals surface area contributed by atoms with Crippen molar-refractivity contribution in [2.75, 3.05) is 6.61 Å². The zero-order valence-corrected chi connectivity index (χ0v) is 22.3. The maximum atomic E-state index is 13.4. The molecule has 0 saturated heterocycles. The summed E-state index contributed by atoms with van der Waals surface area (Å²) in [7, 11) is 0. The molecule has 0 spiro atoms. The first kappa shape index (κ1) is 26.4. The lowest BCUT2D eigenvalue weighted by molar-refractivity contribution is -0.117. The van der Waals surface area contributed by atoms with Gasteiger partial charge in [-0.05, 0) is 79.1 Å². The fraction of sp³-hybridized carbons (Fsp3) is 0.593. The smallest absolute Gasteiger partial charge is 0.177 e. The Morgan fingerprint density at radius 3 is 2.68 bits per heavy atom. The number of benzene rings is 1. The van der Waals surface area contributed by atoms with Gasteiger partial charge in [-0.1, -0.05) is 26.7 Å². The number of hydrogen-bond donors (Lipinski definition) is 1. The van der Waals surface area contributed by atoms with E-state index in [-0.39, 0.29) is 11.7 Å². The SMILES string of the molecule is CCCCC(N)Oc1c(Br)cc(C2C3=C(CC(CCC)CC3=O)N=C(C)C2C#N)cc1OCC. The molecule has 1 aromatic carbocycles. The number of unbranched alkanes of at least 4 members (excludes halogenated alkanes) is 1. The number of nitrogens with two attached hydrogens (primary N) is 1. The minimum atomic E-state index is -0.509. The molecule has 0 radical (unpaired) electrons. The summed E-state index contributed by atoms with van der Waals surface area (Å²) in [6, 6.07) is 6.25. The van der Waals surface area contributed by atoms with E-state index >= 15 is 0 Å². The number of carbonyl (C=O) groups is 1. The zero-order chi connectivity index (χ0) is 24.8. The van der Waals surface area contributed by atoms with Gasteiger partial charge >= 0.3 is 0 Å². The lowest BCUT2D eigenvalue weighted by Gasteiger charge is -2.35. The predicted molar refractivity (Wildman–Crippen MR) is 138 cm³/mol. The Bertz CT molecular complexity index is 1010. The van der Waals surface area contributed by atoms with Gasteiger partial charge in [-0.3, -0.25) is 15.5 Å². The van der Waals surface area contributed by atoms with Gasteiger partial charge in [-0.25, -0.2) is 0 Å². The molecule has 1 aliphatic carbocycles. The molecule has 1 aromatic rings. The molecule has 0 amide bonds. The third-order valence-electron chi connectivity index (χ3n) is 6.61. The highest BCUT2D eigenvalue weighted by Gasteiger charge is 2.41. The summed E-state index contributed by atoms with van der Waals surface area (Å²) in [6.45, 7) is 8.51. The Labute approximate surface area is 211 Å². The molecule has 1 aliphatic heterocycles. The number of nitrogens with zero attached hydrogens (tertiary/aromatic N) is 2. The van der Waals surface area contributed by atoms with Crippen molar-refractivity contribution < 1.29 is 14.3 Å². The topological polar surface area (TPSA) is 97.7 Å². The first-order valence-corrected chi connectivity index (χ1v) is 13.2.